The minimum atomic E-state index is -0.250. The third-order valence-corrected chi connectivity index (χ3v) is 6.51. The summed E-state index contributed by atoms with van der Waals surface area (Å²) in [6.07, 6.45) is 9.66. The van der Waals surface area contributed by atoms with E-state index in [2.05, 4.69) is 25.9 Å². The molecule has 1 aromatic heterocycles. The first kappa shape index (κ1) is 22.7. The van der Waals surface area contributed by atoms with Crippen molar-refractivity contribution >= 4 is 28.8 Å². The first-order valence-electron chi connectivity index (χ1n) is 12.0. The number of rotatable bonds is 7. The fourth-order valence-corrected chi connectivity index (χ4v) is 4.66. The van der Waals surface area contributed by atoms with Crippen LogP contribution in [0.2, 0.25) is 0 Å². The highest BCUT2D eigenvalue weighted by Crippen LogP contribution is 2.29. The van der Waals surface area contributed by atoms with E-state index in [0.29, 0.717) is 36.9 Å². The maximum atomic E-state index is 13.6. The maximum absolute atomic E-state index is 13.6. The molecule has 3 aliphatic heterocycles. The summed E-state index contributed by atoms with van der Waals surface area (Å²) >= 11 is 0. The number of benzene rings is 2. The Bertz CT molecular complexity index is 1390. The largest absolute Gasteiger partial charge is 0.373 e. The highest BCUT2D eigenvalue weighted by Gasteiger charge is 2.42. The Morgan fingerprint density at radius 3 is 3.11 bits per heavy atom. The number of halogens is 1. The van der Waals surface area contributed by atoms with Crippen LogP contribution in [0.3, 0.4) is 0 Å². The van der Waals surface area contributed by atoms with Crippen molar-refractivity contribution in [2.45, 2.75) is 12.6 Å². The molecule has 0 bridgehead atoms. The third kappa shape index (κ3) is 4.47. The smallest absolute Gasteiger partial charge is 0.337 e. The maximum Gasteiger partial charge on any atom is 0.337 e. The van der Waals surface area contributed by atoms with Crippen molar-refractivity contribution in [2.75, 3.05) is 38.4 Å². The third-order valence-electron chi connectivity index (χ3n) is 6.51. The number of guanidine groups is 1. The molecule has 4 heterocycles. The van der Waals surface area contributed by atoms with Crippen LogP contribution in [-0.2, 0) is 16.0 Å². The van der Waals surface area contributed by atoms with Crippen LogP contribution in [0.25, 0.3) is 10.9 Å². The molecule has 6 rings (SSSR count). The van der Waals surface area contributed by atoms with Crippen molar-refractivity contribution < 1.29 is 18.3 Å². The zero-order valence-corrected chi connectivity index (χ0v) is 19.7. The first-order chi connectivity index (χ1) is 17.7. The van der Waals surface area contributed by atoms with Crippen molar-refractivity contribution in [3.63, 3.8) is 0 Å². The lowest BCUT2D eigenvalue weighted by Crippen LogP contribution is -2.53. The molecule has 2 N–H and O–H groups in total. The molecule has 2 aromatic carbocycles. The molecule has 0 radical (unpaired) electrons. The van der Waals surface area contributed by atoms with Gasteiger partial charge in [-0.25, -0.2) is 4.39 Å². The highest BCUT2D eigenvalue weighted by molar-refractivity contribution is 5.96. The van der Waals surface area contributed by atoms with E-state index in [1.807, 2.05) is 53.5 Å². The van der Waals surface area contributed by atoms with Crippen molar-refractivity contribution in [3.8, 4) is 0 Å². The monoisotopic (exact) mass is 488 g/mol. The summed E-state index contributed by atoms with van der Waals surface area (Å²) in [5.41, 5.74) is 3.65. The van der Waals surface area contributed by atoms with Gasteiger partial charge in [-0.05, 0) is 42.0 Å². The molecule has 2 atom stereocenters. The molecule has 1 fully saturated rings. The van der Waals surface area contributed by atoms with Gasteiger partial charge in [0.05, 0.1) is 37.6 Å². The lowest BCUT2D eigenvalue weighted by Gasteiger charge is -2.33. The van der Waals surface area contributed by atoms with Crippen LogP contribution >= 0.6 is 0 Å². The molecule has 0 aliphatic carbocycles. The number of quaternary nitrogens is 1. The van der Waals surface area contributed by atoms with E-state index in [1.165, 1.54) is 12.1 Å². The standard InChI is InChI=1S/C26H27FN7O2/c27-21-4-1-3-19(11-21)16-33-25-7-6-22(12-20(25)13-30-33)31-26-32-29-14-23-5-2-9-34(23,26)18-35-17-24-15-28-8-10-36-24/h1-7,9,11-14,24,28H,8,10,15-18H2,(H,31,32)/q+1/t24-,34?/m0/s1. The molecule has 36 heavy (non-hydrogen) atoms. The van der Waals surface area contributed by atoms with Gasteiger partial charge in [0, 0.05) is 30.2 Å². The second-order valence-electron chi connectivity index (χ2n) is 9.00. The van der Waals surface area contributed by atoms with Gasteiger partial charge in [-0.3, -0.25) is 10.00 Å². The van der Waals surface area contributed by atoms with Crippen LogP contribution in [0.5, 0.6) is 0 Å². The lowest BCUT2D eigenvalue weighted by atomic mass is 10.2. The number of fused-ring (bicyclic) bond motifs is 2. The summed E-state index contributed by atoms with van der Waals surface area (Å²) in [5, 5.41) is 20.9. The molecule has 10 heteroatoms. The van der Waals surface area contributed by atoms with Crippen LogP contribution in [0.1, 0.15) is 5.56 Å². The number of nitrogens with one attached hydrogen (secondary N) is 2. The van der Waals surface area contributed by atoms with Crippen LogP contribution in [0.15, 0.2) is 82.9 Å². The molecule has 3 aromatic rings. The van der Waals surface area contributed by atoms with Gasteiger partial charge in [0.1, 0.15) is 18.2 Å². The van der Waals surface area contributed by atoms with Crippen LogP contribution < -0.4 is 10.6 Å². The Morgan fingerprint density at radius 1 is 1.25 bits per heavy atom. The second-order valence-corrected chi connectivity index (χ2v) is 9.00. The molecule has 3 aliphatic rings. The number of morpholine rings is 1. The fourth-order valence-electron chi connectivity index (χ4n) is 4.66. The van der Waals surface area contributed by atoms with Crippen molar-refractivity contribution in [1.82, 2.24) is 15.1 Å². The number of hydrogen-bond acceptors (Lipinski definition) is 7. The predicted octanol–water partition coefficient (Wildman–Crippen LogP) is 3.18. The Labute approximate surface area is 207 Å². The average molecular weight is 489 g/mol. The number of hydrogen-bond donors (Lipinski definition) is 2. The summed E-state index contributed by atoms with van der Waals surface area (Å²) < 4.78 is 27.6. The number of allylic oxidation sites excluding steroid dienone is 3. The molecule has 0 saturated carbocycles. The number of nitrogens with zero attached hydrogens (tertiary/aromatic N) is 5. The van der Waals surface area contributed by atoms with E-state index in [1.54, 1.807) is 12.3 Å². The lowest BCUT2D eigenvalue weighted by molar-refractivity contribution is -0.765. The Balaban J connectivity index is 1.19. The second kappa shape index (κ2) is 9.75. The minimum Gasteiger partial charge on any atom is -0.373 e. The summed E-state index contributed by atoms with van der Waals surface area (Å²) in [5.74, 6) is 0.395. The van der Waals surface area contributed by atoms with Gasteiger partial charge in [0.2, 0.25) is 0 Å². The van der Waals surface area contributed by atoms with Gasteiger partial charge >= 0.3 is 5.96 Å². The van der Waals surface area contributed by atoms with Crippen molar-refractivity contribution in [3.05, 3.63) is 84.1 Å². The van der Waals surface area contributed by atoms with Gasteiger partial charge in [0.15, 0.2) is 12.4 Å². The normalized spacial score (nSPS) is 23.0. The summed E-state index contributed by atoms with van der Waals surface area (Å²) in [7, 11) is 0. The number of anilines is 1. The van der Waals surface area contributed by atoms with Crippen molar-refractivity contribution in [1.29, 1.82) is 0 Å². The predicted molar refractivity (Wildman–Crippen MR) is 136 cm³/mol. The van der Waals surface area contributed by atoms with Crippen LogP contribution in [-0.4, -0.2) is 65.6 Å². The number of aromatic nitrogens is 2. The van der Waals surface area contributed by atoms with E-state index in [9.17, 15) is 4.39 Å². The molecule has 0 amide bonds. The molecule has 184 valence electrons. The molecule has 1 saturated heterocycles. The van der Waals surface area contributed by atoms with E-state index >= 15 is 0 Å². The average Bonchev–Trinajstić information content (AvgIpc) is 3.50. The SMILES string of the molecule is Fc1cccc(Cn2ncc3cc(NC4=NN=CC5=CC=C[N+]54COC[C@@H]4CNCCO4)ccc32)c1. The van der Waals surface area contributed by atoms with Gasteiger partial charge in [-0.1, -0.05) is 17.2 Å². The fraction of sp³-hybridized carbons (Fsp3) is 0.269. The molecule has 1 unspecified atom stereocenters. The van der Waals surface area contributed by atoms with E-state index in [0.717, 1.165) is 40.9 Å². The summed E-state index contributed by atoms with van der Waals surface area (Å²) in [6.45, 7) is 3.71. The Morgan fingerprint density at radius 2 is 2.22 bits per heavy atom. The quantitative estimate of drug-likeness (QED) is 0.499. The Hall–Kier alpha value is -3.70. The zero-order chi connectivity index (χ0) is 24.4. The van der Waals surface area contributed by atoms with E-state index in [-0.39, 0.29) is 11.9 Å². The highest BCUT2D eigenvalue weighted by atomic mass is 19.1. The molecular weight excluding hydrogens is 461 g/mol. The minimum absolute atomic E-state index is 0.0362. The number of ether oxygens (including phenoxy) is 2. The van der Waals surface area contributed by atoms with E-state index < -0.39 is 0 Å². The first-order valence-corrected chi connectivity index (χ1v) is 12.0. The summed E-state index contributed by atoms with van der Waals surface area (Å²) in [4.78, 5) is 0. The Kier molecular flexibility index (Phi) is 6.16. The van der Waals surface area contributed by atoms with Gasteiger partial charge < -0.3 is 14.8 Å². The molecule has 0 spiro atoms. The van der Waals surface area contributed by atoms with Crippen LogP contribution in [0.4, 0.5) is 10.1 Å². The zero-order valence-electron chi connectivity index (χ0n) is 19.7. The topological polar surface area (TPSA) is 85.1 Å². The van der Waals surface area contributed by atoms with Gasteiger partial charge in [-0.2, -0.15) is 9.58 Å². The molecule has 9 nitrogen and oxygen atoms in total. The van der Waals surface area contributed by atoms with E-state index in [4.69, 9.17) is 9.47 Å². The van der Waals surface area contributed by atoms with Gasteiger partial charge in [-0.15, -0.1) is 5.10 Å². The summed E-state index contributed by atoms with van der Waals surface area (Å²) in [6, 6.07) is 12.6. The van der Waals surface area contributed by atoms with Gasteiger partial charge in [0.25, 0.3) is 0 Å². The molecular formula is C26H27FN7O2+. The van der Waals surface area contributed by atoms with Crippen molar-refractivity contribution in [2.24, 2.45) is 10.2 Å². The van der Waals surface area contributed by atoms with Crippen LogP contribution in [0, 0.1) is 5.82 Å².